The fourth-order valence-electron chi connectivity index (χ4n) is 9.89. The Morgan fingerprint density at radius 1 is 1.03 bits per heavy atom. The Morgan fingerprint density at radius 2 is 1.76 bits per heavy atom. The summed E-state index contributed by atoms with van der Waals surface area (Å²) in [6, 6.07) is 0. The van der Waals surface area contributed by atoms with Gasteiger partial charge in [0.2, 0.25) is 0 Å². The minimum absolute atomic E-state index is 0.00191. The molecule has 4 heteroatoms. The van der Waals surface area contributed by atoms with Crippen molar-refractivity contribution in [3.05, 3.63) is 11.1 Å². The third kappa shape index (κ3) is 2.66. The first kappa shape index (κ1) is 23.7. The minimum atomic E-state index is -0.610. The topological polar surface area (TPSA) is 63.6 Å². The lowest BCUT2D eigenvalue weighted by Crippen LogP contribution is -2.58. The molecule has 2 saturated carbocycles. The monoisotopic (exact) mass is 456 g/mol. The van der Waals surface area contributed by atoms with Gasteiger partial charge in [-0.1, -0.05) is 52.7 Å². The van der Waals surface area contributed by atoms with Crippen LogP contribution in [0.2, 0.25) is 0 Å². The minimum Gasteiger partial charge on any atom is -0.395 e. The molecule has 0 bridgehead atoms. The van der Waals surface area contributed by atoms with Gasteiger partial charge in [-0.3, -0.25) is 9.59 Å². The van der Waals surface area contributed by atoms with Crippen LogP contribution in [0, 0.1) is 33.5 Å². The van der Waals surface area contributed by atoms with E-state index in [0.717, 1.165) is 51.4 Å². The lowest BCUT2D eigenvalue weighted by molar-refractivity contribution is -0.163. The number of Topliss-reactive ketones (excluding diaryl/α,β-unsaturated/α-hetero) is 2. The normalized spacial score (nSPS) is 51.5. The Morgan fingerprint density at radius 3 is 2.42 bits per heavy atom. The van der Waals surface area contributed by atoms with Gasteiger partial charge >= 0.3 is 0 Å². The van der Waals surface area contributed by atoms with Crippen molar-refractivity contribution in [2.45, 2.75) is 117 Å². The summed E-state index contributed by atoms with van der Waals surface area (Å²) in [4.78, 5) is 25.5. The van der Waals surface area contributed by atoms with Crippen LogP contribution in [0.15, 0.2) is 11.1 Å². The van der Waals surface area contributed by atoms with E-state index in [2.05, 4.69) is 27.7 Å². The van der Waals surface area contributed by atoms with Gasteiger partial charge in [0.1, 0.15) is 11.9 Å². The van der Waals surface area contributed by atoms with Crippen molar-refractivity contribution in [1.82, 2.24) is 0 Å². The average molecular weight is 457 g/mol. The maximum absolute atomic E-state index is 12.9. The highest BCUT2D eigenvalue weighted by Gasteiger charge is 2.71. The molecule has 1 heterocycles. The third-order valence-corrected chi connectivity index (χ3v) is 12.2. The molecule has 4 nitrogen and oxygen atoms in total. The van der Waals surface area contributed by atoms with E-state index in [9.17, 15) is 14.7 Å². The first-order chi connectivity index (χ1) is 15.4. The van der Waals surface area contributed by atoms with Crippen molar-refractivity contribution >= 4 is 11.6 Å². The van der Waals surface area contributed by atoms with Crippen LogP contribution in [0.25, 0.3) is 0 Å². The highest BCUT2D eigenvalue weighted by atomic mass is 16.5. The molecule has 184 valence electrons. The van der Waals surface area contributed by atoms with Crippen molar-refractivity contribution in [2.24, 2.45) is 33.5 Å². The molecule has 4 aliphatic carbocycles. The van der Waals surface area contributed by atoms with E-state index in [4.69, 9.17) is 4.74 Å². The van der Waals surface area contributed by atoms with E-state index in [1.807, 2.05) is 13.8 Å². The van der Waals surface area contributed by atoms with Crippen molar-refractivity contribution in [1.29, 1.82) is 0 Å². The van der Waals surface area contributed by atoms with Gasteiger partial charge in [-0.2, -0.15) is 0 Å². The van der Waals surface area contributed by atoms with Gasteiger partial charge in [0, 0.05) is 18.3 Å². The number of aliphatic hydroxyl groups is 1. The number of ether oxygens (including phenoxy) is 1. The van der Waals surface area contributed by atoms with Crippen LogP contribution >= 0.6 is 0 Å². The summed E-state index contributed by atoms with van der Waals surface area (Å²) in [7, 11) is 0. The molecule has 2 unspecified atom stereocenters. The number of hydrogen-bond acceptors (Lipinski definition) is 4. The molecular formula is C29H44O4. The molecular weight excluding hydrogens is 412 g/mol. The molecule has 33 heavy (non-hydrogen) atoms. The van der Waals surface area contributed by atoms with Crippen LogP contribution in [-0.4, -0.2) is 35.0 Å². The molecule has 1 aliphatic heterocycles. The Hall–Kier alpha value is -1.00. The number of ketones is 2. The van der Waals surface area contributed by atoms with Gasteiger partial charge < -0.3 is 9.84 Å². The summed E-state index contributed by atoms with van der Waals surface area (Å²) in [5.74, 6) is 1.13. The summed E-state index contributed by atoms with van der Waals surface area (Å²) in [5, 5.41) is 10.3. The van der Waals surface area contributed by atoms with Gasteiger partial charge in [-0.15, -0.1) is 0 Å². The molecule has 0 aromatic rings. The van der Waals surface area contributed by atoms with E-state index >= 15 is 0 Å². The maximum Gasteiger partial charge on any atom is 0.161 e. The Kier molecular flexibility index (Phi) is 5.22. The van der Waals surface area contributed by atoms with Gasteiger partial charge in [0.15, 0.2) is 5.78 Å². The van der Waals surface area contributed by atoms with Gasteiger partial charge in [-0.05, 0) is 74.0 Å². The molecule has 0 aromatic carbocycles. The molecule has 3 fully saturated rings. The Labute approximate surface area is 199 Å². The number of fused-ring (bicyclic) bond motifs is 5. The Bertz CT molecular complexity index is 921. The van der Waals surface area contributed by atoms with Crippen LogP contribution in [0.1, 0.15) is 106 Å². The molecule has 8 atom stereocenters. The fourth-order valence-corrected chi connectivity index (χ4v) is 9.89. The van der Waals surface area contributed by atoms with Gasteiger partial charge in [0.05, 0.1) is 17.6 Å². The highest BCUT2D eigenvalue weighted by Crippen LogP contribution is 2.75. The van der Waals surface area contributed by atoms with E-state index in [1.165, 1.54) is 0 Å². The zero-order valence-electron chi connectivity index (χ0n) is 21.7. The highest BCUT2D eigenvalue weighted by molar-refractivity contribution is 5.86. The number of allylic oxidation sites excluding steroid dienone is 2. The molecule has 5 rings (SSSR count). The predicted octanol–water partition coefficient (Wildman–Crippen LogP) is 5.80. The van der Waals surface area contributed by atoms with Crippen molar-refractivity contribution in [3.8, 4) is 0 Å². The first-order valence-corrected chi connectivity index (χ1v) is 13.5. The number of carbonyl (C=O) groups is 2. The summed E-state index contributed by atoms with van der Waals surface area (Å²) in [6.07, 6.45) is 9.02. The summed E-state index contributed by atoms with van der Waals surface area (Å²) < 4.78 is 6.84. The first-order valence-electron chi connectivity index (χ1n) is 13.5. The number of rotatable bonds is 3. The molecule has 0 aromatic heterocycles. The lowest BCUT2D eigenvalue weighted by atomic mass is 9.43. The lowest BCUT2D eigenvalue weighted by Gasteiger charge is -2.62. The summed E-state index contributed by atoms with van der Waals surface area (Å²) in [5.41, 5.74) is 2.52. The van der Waals surface area contributed by atoms with E-state index < -0.39 is 5.41 Å². The second kappa shape index (κ2) is 7.26. The van der Waals surface area contributed by atoms with Crippen LogP contribution in [0.5, 0.6) is 0 Å². The average Bonchev–Trinajstić information content (AvgIpc) is 3.26. The molecule has 5 aliphatic rings. The van der Waals surface area contributed by atoms with E-state index in [1.54, 1.807) is 11.1 Å². The molecule has 0 amide bonds. The number of carbonyl (C=O) groups excluding carboxylic acids is 2. The summed E-state index contributed by atoms with van der Waals surface area (Å²) >= 11 is 0. The smallest absolute Gasteiger partial charge is 0.161 e. The van der Waals surface area contributed by atoms with E-state index in [0.29, 0.717) is 18.8 Å². The SMILES string of the molecule is CCC(=O)C1CC(C)[C@]2(CC[C@@]3(C)C4=C(CC[C@@]32C)[C@@]2(C)CCC(=O)[C@](C)(CO)[C@@H]2CC4)O1. The second-order valence-electron chi connectivity index (χ2n) is 13.1. The van der Waals surface area contributed by atoms with E-state index in [-0.39, 0.29) is 52.0 Å². The van der Waals surface area contributed by atoms with Crippen molar-refractivity contribution in [2.75, 3.05) is 6.61 Å². The molecule has 1 spiro atoms. The van der Waals surface area contributed by atoms with Crippen LogP contribution in [-0.2, 0) is 14.3 Å². The second-order valence-corrected chi connectivity index (χ2v) is 13.1. The van der Waals surface area contributed by atoms with Crippen LogP contribution in [0.3, 0.4) is 0 Å². The largest absolute Gasteiger partial charge is 0.395 e. The van der Waals surface area contributed by atoms with Crippen LogP contribution < -0.4 is 0 Å². The number of aliphatic hydroxyl groups excluding tert-OH is 1. The fraction of sp³-hybridized carbons (Fsp3) is 0.862. The third-order valence-electron chi connectivity index (χ3n) is 12.2. The standard InChI is InChI=1S/C29H44O4/c1-7-21(31)22-16-18(2)29(33-22)15-14-27(5)20-8-9-23-25(3,19(20)10-13-28(27,29)6)12-11-24(32)26(23,4)17-30/h18,22-23,30H,7-17H2,1-6H3/t18?,22?,23-,25-,26-,27+,28+,29+/m1/s1. The summed E-state index contributed by atoms with van der Waals surface area (Å²) in [6.45, 7) is 13.6. The van der Waals surface area contributed by atoms with Gasteiger partial charge in [-0.25, -0.2) is 0 Å². The quantitative estimate of drug-likeness (QED) is 0.545. The zero-order valence-corrected chi connectivity index (χ0v) is 21.7. The molecule has 0 radical (unpaired) electrons. The zero-order chi connectivity index (χ0) is 24.0. The predicted molar refractivity (Wildman–Crippen MR) is 129 cm³/mol. The van der Waals surface area contributed by atoms with Crippen molar-refractivity contribution < 1.29 is 19.4 Å². The molecule has 1 saturated heterocycles. The number of hydrogen-bond donors (Lipinski definition) is 1. The van der Waals surface area contributed by atoms with Gasteiger partial charge in [0.25, 0.3) is 0 Å². The van der Waals surface area contributed by atoms with Crippen LogP contribution in [0.4, 0.5) is 0 Å². The Balaban J connectivity index is 1.57. The maximum atomic E-state index is 12.9. The van der Waals surface area contributed by atoms with Crippen molar-refractivity contribution in [3.63, 3.8) is 0 Å². The molecule has 1 N–H and O–H groups in total.